The molecule has 0 aromatic rings. The normalized spacial score (nSPS) is 35.6. The van der Waals surface area contributed by atoms with Gasteiger partial charge in [-0.25, -0.2) is 0 Å². The average molecular weight is 365 g/mol. The van der Waals surface area contributed by atoms with Crippen LogP contribution in [0.15, 0.2) is 6.99 Å². The molecule has 0 N–H and O–H groups in total. The molecule has 2 rings (SSSR count). The summed E-state index contributed by atoms with van der Waals surface area (Å²) in [4.78, 5) is 0. The van der Waals surface area contributed by atoms with Crippen molar-refractivity contribution in [2.45, 2.75) is 32.3 Å². The van der Waals surface area contributed by atoms with Crippen LogP contribution in [0.3, 0.4) is 0 Å². The fourth-order valence-corrected chi connectivity index (χ4v) is 2.80. The molecule has 1 saturated heterocycles. The number of hydrogen-bond acceptors (Lipinski definition) is 4. The molecule has 2 aliphatic heterocycles. The van der Waals surface area contributed by atoms with E-state index in [1.807, 2.05) is 0 Å². The number of nitrogens with zero attached hydrogens (tertiary/aromatic N) is 2. The van der Waals surface area contributed by atoms with Crippen LogP contribution in [0.4, 0.5) is 0 Å². The molecule has 0 saturated carbocycles. The van der Waals surface area contributed by atoms with E-state index in [4.69, 9.17) is 9.47 Å². The fourth-order valence-electron chi connectivity index (χ4n) is 1.38. The first-order chi connectivity index (χ1) is 6.27. The molecule has 13 heavy (non-hydrogen) atoms. The van der Waals surface area contributed by atoms with Gasteiger partial charge in [0.15, 0.2) is 0 Å². The standard InChI is InChI=1S/C8H14N2O2.Pt/c1-5(2)8-11-6(3-9)7(4-10)12-8;/h5-8H,3-4H2,1-2H3;/t6-,7-;/m1./s1. The van der Waals surface area contributed by atoms with E-state index in [2.05, 4.69) is 20.8 Å². The van der Waals surface area contributed by atoms with Crippen LogP contribution in [0.2, 0.25) is 0 Å². The van der Waals surface area contributed by atoms with Gasteiger partial charge in [0.1, 0.15) is 0 Å². The molecule has 4 nitrogen and oxygen atoms in total. The first-order valence-electron chi connectivity index (χ1n) is 4.50. The molecule has 0 unspecified atom stereocenters. The van der Waals surface area contributed by atoms with Crippen LogP contribution in [0.1, 0.15) is 13.8 Å². The van der Waals surface area contributed by atoms with Crippen LogP contribution >= 0.6 is 0 Å². The summed E-state index contributed by atoms with van der Waals surface area (Å²) in [7, 11) is 0. The van der Waals surface area contributed by atoms with Crippen molar-refractivity contribution < 1.29 is 27.7 Å². The molecule has 0 radical (unpaired) electrons. The maximum atomic E-state index is 5.75. The van der Waals surface area contributed by atoms with E-state index < -0.39 is 0 Å². The molecule has 2 aliphatic rings. The minimum absolute atomic E-state index is 0.0446. The van der Waals surface area contributed by atoms with Crippen molar-refractivity contribution in [3.63, 3.8) is 0 Å². The van der Waals surface area contributed by atoms with Crippen molar-refractivity contribution in [1.29, 1.82) is 0 Å². The van der Waals surface area contributed by atoms with Crippen LogP contribution in [-0.2, 0) is 27.7 Å². The summed E-state index contributed by atoms with van der Waals surface area (Å²) < 4.78 is 20.2. The SMILES string of the molecule is CC(C)C1O[C@@H]2C[N]=[Pt]=[N]C[C@H]2O1. The zero-order valence-electron chi connectivity index (χ0n) is 7.75. The van der Waals surface area contributed by atoms with Crippen molar-refractivity contribution in [3.05, 3.63) is 0 Å². The number of rotatable bonds is 1. The van der Waals surface area contributed by atoms with Crippen LogP contribution in [0, 0.1) is 5.92 Å². The van der Waals surface area contributed by atoms with E-state index in [1.54, 1.807) is 0 Å². The summed E-state index contributed by atoms with van der Waals surface area (Å²) in [6, 6.07) is 0. The predicted molar refractivity (Wildman–Crippen MR) is 43.0 cm³/mol. The summed E-state index contributed by atoms with van der Waals surface area (Å²) >= 11 is -0.289. The molecule has 0 aromatic carbocycles. The van der Waals surface area contributed by atoms with E-state index in [0.717, 1.165) is 13.1 Å². The quantitative estimate of drug-likeness (QED) is 0.701. The van der Waals surface area contributed by atoms with Gasteiger partial charge in [0.2, 0.25) is 0 Å². The van der Waals surface area contributed by atoms with Crippen LogP contribution in [-0.4, -0.2) is 31.6 Å². The molecule has 2 heterocycles. The van der Waals surface area contributed by atoms with Gasteiger partial charge < -0.3 is 0 Å². The van der Waals surface area contributed by atoms with Gasteiger partial charge in [0.05, 0.1) is 0 Å². The molecule has 5 heteroatoms. The Hall–Kier alpha value is 0.208. The molecule has 1 fully saturated rings. The van der Waals surface area contributed by atoms with Crippen molar-refractivity contribution in [2.24, 2.45) is 12.9 Å². The van der Waals surface area contributed by atoms with Crippen molar-refractivity contribution in [1.82, 2.24) is 0 Å². The average Bonchev–Trinajstić information content (AvgIpc) is 2.38. The molecular weight excluding hydrogens is 351 g/mol. The molecule has 0 amide bonds. The third-order valence-corrected chi connectivity index (χ3v) is 3.61. The third kappa shape index (κ3) is 2.17. The Morgan fingerprint density at radius 1 is 1.15 bits per heavy atom. The maximum absolute atomic E-state index is 5.75. The van der Waals surface area contributed by atoms with E-state index in [-0.39, 0.29) is 36.7 Å². The number of ether oxygens (including phenoxy) is 2. The number of hydrogen-bond donors (Lipinski definition) is 0. The summed E-state index contributed by atoms with van der Waals surface area (Å²) in [6.45, 7) is 5.78. The topological polar surface area (TPSA) is 43.2 Å². The molecule has 0 bridgehead atoms. The van der Waals surface area contributed by atoms with E-state index in [1.165, 1.54) is 0 Å². The van der Waals surface area contributed by atoms with Gasteiger partial charge in [-0.15, -0.1) is 0 Å². The molecule has 78 valence electrons. The second-order valence-electron chi connectivity index (χ2n) is 3.59. The minimum atomic E-state index is -0.289. The van der Waals surface area contributed by atoms with Crippen LogP contribution in [0.5, 0.6) is 0 Å². The molecule has 0 aliphatic carbocycles. The molecular formula is C8H14N2O2Pt. The van der Waals surface area contributed by atoms with Crippen molar-refractivity contribution in [3.8, 4) is 0 Å². The first kappa shape index (κ1) is 9.75. The van der Waals surface area contributed by atoms with E-state index in [0.29, 0.717) is 5.92 Å². The molecule has 2 atom stereocenters. The fraction of sp³-hybridized carbons (Fsp3) is 1.00. The second kappa shape index (κ2) is 4.16. The summed E-state index contributed by atoms with van der Waals surface area (Å²) in [5, 5.41) is 0. The van der Waals surface area contributed by atoms with E-state index >= 15 is 0 Å². The van der Waals surface area contributed by atoms with Gasteiger partial charge in [0.25, 0.3) is 0 Å². The second-order valence-corrected chi connectivity index (χ2v) is 5.48. The van der Waals surface area contributed by atoms with Crippen molar-refractivity contribution >= 4 is 0 Å². The Bertz CT molecular complexity index is 233. The Morgan fingerprint density at radius 2 is 1.69 bits per heavy atom. The van der Waals surface area contributed by atoms with Gasteiger partial charge in [0, 0.05) is 0 Å². The zero-order chi connectivity index (χ0) is 9.26. The van der Waals surface area contributed by atoms with Crippen LogP contribution in [0.25, 0.3) is 0 Å². The van der Waals surface area contributed by atoms with Gasteiger partial charge in [-0.2, -0.15) is 0 Å². The Morgan fingerprint density at radius 3 is 2.15 bits per heavy atom. The van der Waals surface area contributed by atoms with Gasteiger partial charge in [-0.1, -0.05) is 0 Å². The Kier molecular flexibility index (Phi) is 3.12. The monoisotopic (exact) mass is 365 g/mol. The Balaban J connectivity index is 2.00. The van der Waals surface area contributed by atoms with Crippen LogP contribution < -0.4 is 0 Å². The third-order valence-electron chi connectivity index (χ3n) is 2.14. The first-order valence-corrected chi connectivity index (χ1v) is 6.53. The summed E-state index contributed by atoms with van der Waals surface area (Å²) in [6.07, 6.45) is 0.286. The van der Waals surface area contributed by atoms with E-state index in [9.17, 15) is 0 Å². The van der Waals surface area contributed by atoms with Crippen molar-refractivity contribution in [2.75, 3.05) is 13.1 Å². The summed E-state index contributed by atoms with van der Waals surface area (Å²) in [5.41, 5.74) is 0. The van der Waals surface area contributed by atoms with Gasteiger partial charge >= 0.3 is 86.0 Å². The molecule has 0 spiro atoms. The van der Waals surface area contributed by atoms with Gasteiger partial charge in [-0.05, 0) is 0 Å². The summed E-state index contributed by atoms with van der Waals surface area (Å²) in [5.74, 6) is 0.418. The number of fused-ring (bicyclic) bond motifs is 1. The Labute approximate surface area is 86.2 Å². The zero-order valence-corrected chi connectivity index (χ0v) is 10.0. The molecule has 0 aromatic heterocycles. The van der Waals surface area contributed by atoms with Gasteiger partial charge in [-0.3, -0.25) is 0 Å². The predicted octanol–water partition coefficient (Wildman–Crippen LogP) is 1.22.